The lowest BCUT2D eigenvalue weighted by atomic mass is 10.1. The van der Waals surface area contributed by atoms with Gasteiger partial charge in [-0.1, -0.05) is 31.2 Å². The van der Waals surface area contributed by atoms with Crippen molar-refractivity contribution in [2.45, 2.75) is 26.4 Å². The largest absolute Gasteiger partial charge is 0.382 e. The second kappa shape index (κ2) is 6.04. The molecular weight excluding hydrogens is 240 g/mol. The molecular formula is C14H18N4O. The Bertz CT molecular complexity index is 545. The van der Waals surface area contributed by atoms with Gasteiger partial charge in [0.15, 0.2) is 0 Å². The first-order chi connectivity index (χ1) is 9.17. The van der Waals surface area contributed by atoms with E-state index in [9.17, 15) is 4.79 Å². The summed E-state index contributed by atoms with van der Waals surface area (Å²) in [4.78, 5) is 11.7. The summed E-state index contributed by atoms with van der Waals surface area (Å²) in [6.45, 7) is 2.83. The van der Waals surface area contributed by atoms with E-state index in [0.29, 0.717) is 12.4 Å². The van der Waals surface area contributed by atoms with E-state index >= 15 is 0 Å². The van der Waals surface area contributed by atoms with Crippen molar-refractivity contribution in [3.05, 3.63) is 47.7 Å². The monoisotopic (exact) mass is 258 g/mol. The number of anilines is 1. The van der Waals surface area contributed by atoms with Crippen molar-refractivity contribution in [1.29, 1.82) is 0 Å². The summed E-state index contributed by atoms with van der Waals surface area (Å²) < 4.78 is 1.52. The summed E-state index contributed by atoms with van der Waals surface area (Å²) in [7, 11) is 0. The second-order valence-electron chi connectivity index (χ2n) is 4.38. The van der Waals surface area contributed by atoms with E-state index in [2.05, 4.69) is 29.5 Å². The summed E-state index contributed by atoms with van der Waals surface area (Å²) in [5.41, 5.74) is 7.87. The third-order valence-corrected chi connectivity index (χ3v) is 2.89. The predicted octanol–water partition coefficient (Wildman–Crippen LogP) is 1.34. The summed E-state index contributed by atoms with van der Waals surface area (Å²) in [5, 5.41) is 6.82. The van der Waals surface area contributed by atoms with Crippen LogP contribution in [0.3, 0.4) is 0 Å². The molecule has 1 aromatic carbocycles. The van der Waals surface area contributed by atoms with Crippen LogP contribution < -0.4 is 11.1 Å². The number of carbonyl (C=O) groups excluding carboxylic acids is 1. The molecule has 0 fully saturated rings. The van der Waals surface area contributed by atoms with E-state index in [4.69, 9.17) is 5.73 Å². The quantitative estimate of drug-likeness (QED) is 0.850. The Morgan fingerprint density at radius 1 is 1.26 bits per heavy atom. The van der Waals surface area contributed by atoms with Crippen LogP contribution >= 0.6 is 0 Å². The van der Waals surface area contributed by atoms with Crippen LogP contribution in [-0.4, -0.2) is 15.7 Å². The van der Waals surface area contributed by atoms with E-state index in [1.807, 2.05) is 12.1 Å². The zero-order valence-corrected chi connectivity index (χ0v) is 11.0. The highest BCUT2D eigenvalue weighted by Crippen LogP contribution is 2.04. The summed E-state index contributed by atoms with van der Waals surface area (Å²) >= 11 is 0. The minimum absolute atomic E-state index is 0.0809. The lowest BCUT2D eigenvalue weighted by Crippen LogP contribution is -2.27. The molecule has 3 N–H and O–H groups in total. The number of rotatable bonds is 5. The van der Waals surface area contributed by atoms with Crippen molar-refractivity contribution in [1.82, 2.24) is 15.1 Å². The Morgan fingerprint density at radius 2 is 1.95 bits per heavy atom. The number of nitrogen functional groups attached to an aromatic ring is 1. The Kier molecular flexibility index (Phi) is 4.18. The molecule has 0 aliphatic rings. The van der Waals surface area contributed by atoms with Crippen LogP contribution in [0.5, 0.6) is 0 Å². The zero-order valence-electron chi connectivity index (χ0n) is 11.0. The molecule has 0 unspecified atom stereocenters. The molecule has 5 heteroatoms. The fourth-order valence-corrected chi connectivity index (χ4v) is 1.76. The van der Waals surface area contributed by atoms with Gasteiger partial charge in [0.25, 0.3) is 0 Å². The highest BCUT2D eigenvalue weighted by molar-refractivity contribution is 5.75. The third kappa shape index (κ3) is 3.84. The molecule has 0 atom stereocenters. The molecule has 2 aromatic rings. The van der Waals surface area contributed by atoms with Gasteiger partial charge in [-0.05, 0) is 23.6 Å². The van der Waals surface area contributed by atoms with Gasteiger partial charge < -0.3 is 11.1 Å². The van der Waals surface area contributed by atoms with Crippen LogP contribution in [0.4, 0.5) is 5.82 Å². The molecule has 0 saturated carbocycles. The average Bonchev–Trinajstić information content (AvgIpc) is 2.82. The van der Waals surface area contributed by atoms with Gasteiger partial charge in [-0.15, -0.1) is 0 Å². The minimum Gasteiger partial charge on any atom is -0.382 e. The first-order valence-electron chi connectivity index (χ1n) is 6.31. The van der Waals surface area contributed by atoms with Crippen LogP contribution in [-0.2, 0) is 24.3 Å². The van der Waals surface area contributed by atoms with Crippen molar-refractivity contribution in [2.24, 2.45) is 0 Å². The van der Waals surface area contributed by atoms with Gasteiger partial charge in [0, 0.05) is 12.7 Å². The Balaban J connectivity index is 1.82. The number of nitrogens with zero attached hydrogens (tertiary/aromatic N) is 2. The number of hydrogen-bond acceptors (Lipinski definition) is 3. The molecule has 0 aliphatic carbocycles. The van der Waals surface area contributed by atoms with Gasteiger partial charge in [0.1, 0.15) is 12.4 Å². The number of nitrogens with two attached hydrogens (primary N) is 1. The first kappa shape index (κ1) is 13.1. The molecule has 0 bridgehead atoms. The molecule has 2 rings (SSSR count). The number of carbonyl (C=O) groups is 1. The molecule has 19 heavy (non-hydrogen) atoms. The van der Waals surface area contributed by atoms with Crippen molar-refractivity contribution >= 4 is 11.7 Å². The molecule has 1 aromatic heterocycles. The van der Waals surface area contributed by atoms with E-state index in [0.717, 1.165) is 12.0 Å². The van der Waals surface area contributed by atoms with E-state index in [1.54, 1.807) is 12.3 Å². The van der Waals surface area contributed by atoms with Crippen molar-refractivity contribution in [3.63, 3.8) is 0 Å². The van der Waals surface area contributed by atoms with Crippen LogP contribution in [0.1, 0.15) is 18.1 Å². The lowest BCUT2D eigenvalue weighted by Gasteiger charge is -2.06. The number of amides is 1. The third-order valence-electron chi connectivity index (χ3n) is 2.89. The van der Waals surface area contributed by atoms with E-state index in [1.165, 1.54) is 10.2 Å². The van der Waals surface area contributed by atoms with E-state index < -0.39 is 0 Å². The predicted molar refractivity (Wildman–Crippen MR) is 74.3 cm³/mol. The van der Waals surface area contributed by atoms with Crippen molar-refractivity contribution in [2.75, 3.05) is 5.73 Å². The van der Waals surface area contributed by atoms with E-state index in [-0.39, 0.29) is 12.5 Å². The number of benzene rings is 1. The van der Waals surface area contributed by atoms with Crippen LogP contribution in [0.2, 0.25) is 0 Å². The summed E-state index contributed by atoms with van der Waals surface area (Å²) in [6, 6.07) is 9.89. The maximum absolute atomic E-state index is 11.7. The highest BCUT2D eigenvalue weighted by Gasteiger charge is 2.03. The summed E-state index contributed by atoms with van der Waals surface area (Å²) in [6.07, 6.45) is 2.71. The van der Waals surface area contributed by atoms with Gasteiger partial charge in [-0.2, -0.15) is 5.10 Å². The Labute approximate surface area is 112 Å². The number of aromatic nitrogens is 2. The molecule has 0 saturated heterocycles. The standard InChI is InChI=1S/C14H18N4O/c1-2-11-3-5-12(6-4-11)9-16-14(19)10-18-8-7-13(15)17-18/h3-8H,2,9-10H2,1H3,(H2,15,17)(H,16,19). The highest BCUT2D eigenvalue weighted by atomic mass is 16.2. The number of hydrogen-bond donors (Lipinski definition) is 2. The molecule has 0 spiro atoms. The van der Waals surface area contributed by atoms with Gasteiger partial charge >= 0.3 is 0 Å². The van der Waals surface area contributed by atoms with Gasteiger partial charge in [-0.25, -0.2) is 0 Å². The second-order valence-corrected chi connectivity index (χ2v) is 4.38. The normalized spacial score (nSPS) is 10.4. The van der Waals surface area contributed by atoms with Crippen molar-refractivity contribution < 1.29 is 4.79 Å². The van der Waals surface area contributed by atoms with Gasteiger partial charge in [0.05, 0.1) is 0 Å². The van der Waals surface area contributed by atoms with Crippen molar-refractivity contribution in [3.8, 4) is 0 Å². The summed E-state index contributed by atoms with van der Waals surface area (Å²) in [5.74, 6) is 0.339. The molecule has 100 valence electrons. The fourth-order valence-electron chi connectivity index (χ4n) is 1.76. The maximum atomic E-state index is 11.7. The fraction of sp³-hybridized carbons (Fsp3) is 0.286. The number of aryl methyl sites for hydroxylation is 1. The Morgan fingerprint density at radius 3 is 2.53 bits per heavy atom. The lowest BCUT2D eigenvalue weighted by molar-refractivity contribution is -0.122. The van der Waals surface area contributed by atoms with Crippen LogP contribution in [0.25, 0.3) is 0 Å². The molecule has 5 nitrogen and oxygen atoms in total. The van der Waals surface area contributed by atoms with Gasteiger partial charge in [-0.3, -0.25) is 9.48 Å². The van der Waals surface area contributed by atoms with Crippen LogP contribution in [0, 0.1) is 0 Å². The molecule has 1 heterocycles. The SMILES string of the molecule is CCc1ccc(CNC(=O)Cn2ccc(N)n2)cc1. The molecule has 1 amide bonds. The first-order valence-corrected chi connectivity index (χ1v) is 6.31. The topological polar surface area (TPSA) is 72.9 Å². The van der Waals surface area contributed by atoms with Crippen LogP contribution in [0.15, 0.2) is 36.5 Å². The average molecular weight is 258 g/mol. The molecule has 0 aliphatic heterocycles. The zero-order chi connectivity index (χ0) is 13.7. The maximum Gasteiger partial charge on any atom is 0.241 e. The Hall–Kier alpha value is -2.30. The smallest absolute Gasteiger partial charge is 0.241 e. The molecule has 0 radical (unpaired) electrons. The van der Waals surface area contributed by atoms with Gasteiger partial charge in [0.2, 0.25) is 5.91 Å². The number of nitrogens with one attached hydrogen (secondary N) is 1. The minimum atomic E-state index is -0.0809.